The second kappa shape index (κ2) is 6.67. The summed E-state index contributed by atoms with van der Waals surface area (Å²) in [5.74, 6) is 1.76. The second-order valence-electron chi connectivity index (χ2n) is 6.29. The number of hydrogen-bond acceptors (Lipinski definition) is 4. The van der Waals surface area contributed by atoms with Gasteiger partial charge in [0, 0.05) is 25.2 Å². The van der Waals surface area contributed by atoms with Gasteiger partial charge in [-0.3, -0.25) is 0 Å². The Balaban J connectivity index is 1.36. The van der Waals surface area contributed by atoms with E-state index in [9.17, 15) is 0 Å². The van der Waals surface area contributed by atoms with Crippen molar-refractivity contribution >= 4 is 0 Å². The summed E-state index contributed by atoms with van der Waals surface area (Å²) in [5.41, 5.74) is 1.32. The lowest BCUT2D eigenvalue weighted by Gasteiger charge is -2.19. The molecule has 0 bridgehead atoms. The molecule has 1 fully saturated rings. The number of likely N-dealkylation sites (N-methyl/N-ethyl adjacent to an activating group) is 1. The number of rotatable bonds is 8. The number of aryl methyl sites for hydroxylation is 1. The van der Waals surface area contributed by atoms with Crippen molar-refractivity contribution in [2.75, 3.05) is 26.9 Å². The fourth-order valence-electron chi connectivity index (χ4n) is 2.77. The molecule has 1 aromatic rings. The summed E-state index contributed by atoms with van der Waals surface area (Å²) >= 11 is 0. The first-order chi connectivity index (χ1) is 10.2. The van der Waals surface area contributed by atoms with Gasteiger partial charge < -0.3 is 19.7 Å². The molecule has 116 valence electrons. The average Bonchev–Trinajstić information content (AvgIpc) is 3.23. The third-order valence-electron chi connectivity index (χ3n) is 4.43. The van der Waals surface area contributed by atoms with Crippen molar-refractivity contribution in [1.29, 1.82) is 0 Å². The van der Waals surface area contributed by atoms with Crippen molar-refractivity contribution in [1.82, 2.24) is 10.2 Å². The minimum atomic E-state index is 0.352. The Kier molecular flexibility index (Phi) is 4.66. The van der Waals surface area contributed by atoms with E-state index < -0.39 is 0 Å². The van der Waals surface area contributed by atoms with E-state index in [0.29, 0.717) is 12.8 Å². The average molecular weight is 290 g/mol. The molecule has 0 amide bonds. The van der Waals surface area contributed by atoms with Crippen LogP contribution in [0.1, 0.15) is 31.7 Å². The Morgan fingerprint density at radius 2 is 2.10 bits per heavy atom. The molecular weight excluding hydrogens is 264 g/mol. The maximum atomic E-state index is 5.42. The molecule has 3 rings (SSSR count). The smallest absolute Gasteiger partial charge is 0.231 e. The fourth-order valence-corrected chi connectivity index (χ4v) is 2.77. The summed E-state index contributed by atoms with van der Waals surface area (Å²) < 4.78 is 10.8. The van der Waals surface area contributed by atoms with Crippen LogP contribution < -0.4 is 14.8 Å². The predicted octanol–water partition coefficient (Wildman–Crippen LogP) is 2.42. The first-order valence-electron chi connectivity index (χ1n) is 8.04. The molecule has 1 unspecified atom stereocenters. The third-order valence-corrected chi connectivity index (χ3v) is 4.43. The standard InChI is InChI=1S/C17H26N2O2/c1-13(18-9-10-19(2)15-6-7-15)3-4-14-5-8-16-17(11-14)21-12-20-16/h5,8,11,13,15,18H,3-4,6-7,9-10,12H2,1-2H3. The highest BCUT2D eigenvalue weighted by atomic mass is 16.7. The van der Waals surface area contributed by atoms with Crippen LogP contribution in [0.15, 0.2) is 18.2 Å². The van der Waals surface area contributed by atoms with Crippen molar-refractivity contribution in [3.05, 3.63) is 23.8 Å². The van der Waals surface area contributed by atoms with Crippen LogP contribution in [0.5, 0.6) is 11.5 Å². The zero-order chi connectivity index (χ0) is 14.7. The van der Waals surface area contributed by atoms with Gasteiger partial charge in [-0.25, -0.2) is 0 Å². The van der Waals surface area contributed by atoms with Gasteiger partial charge in [-0.15, -0.1) is 0 Å². The van der Waals surface area contributed by atoms with E-state index in [2.05, 4.69) is 36.3 Å². The van der Waals surface area contributed by atoms with Crippen LogP contribution in [-0.2, 0) is 6.42 Å². The van der Waals surface area contributed by atoms with Gasteiger partial charge in [0.1, 0.15) is 0 Å². The van der Waals surface area contributed by atoms with Gasteiger partial charge in [-0.1, -0.05) is 6.07 Å². The molecule has 1 aliphatic carbocycles. The van der Waals surface area contributed by atoms with Crippen LogP contribution in [0.2, 0.25) is 0 Å². The minimum Gasteiger partial charge on any atom is -0.454 e. The van der Waals surface area contributed by atoms with Gasteiger partial charge in [-0.2, -0.15) is 0 Å². The summed E-state index contributed by atoms with van der Waals surface area (Å²) in [4.78, 5) is 2.47. The van der Waals surface area contributed by atoms with Crippen LogP contribution in [0, 0.1) is 0 Å². The molecule has 1 saturated carbocycles. The summed E-state index contributed by atoms with van der Waals surface area (Å²) in [6.45, 7) is 4.85. The van der Waals surface area contributed by atoms with E-state index >= 15 is 0 Å². The molecule has 4 heteroatoms. The highest BCUT2D eigenvalue weighted by molar-refractivity contribution is 5.44. The first-order valence-corrected chi connectivity index (χ1v) is 8.04. The lowest BCUT2D eigenvalue weighted by atomic mass is 10.1. The van der Waals surface area contributed by atoms with E-state index in [1.807, 2.05) is 6.07 Å². The number of hydrogen-bond donors (Lipinski definition) is 1. The van der Waals surface area contributed by atoms with Crippen molar-refractivity contribution in [3.8, 4) is 11.5 Å². The summed E-state index contributed by atoms with van der Waals surface area (Å²) in [6, 6.07) is 7.66. The monoisotopic (exact) mass is 290 g/mol. The number of nitrogens with zero attached hydrogens (tertiary/aromatic N) is 1. The van der Waals surface area contributed by atoms with E-state index in [4.69, 9.17) is 9.47 Å². The van der Waals surface area contributed by atoms with Crippen molar-refractivity contribution < 1.29 is 9.47 Å². The van der Waals surface area contributed by atoms with Crippen LogP contribution in [0.4, 0.5) is 0 Å². The van der Waals surface area contributed by atoms with Crippen molar-refractivity contribution in [2.45, 2.75) is 44.7 Å². The Bertz CT molecular complexity index is 474. The molecular formula is C17H26N2O2. The number of nitrogens with one attached hydrogen (secondary N) is 1. The van der Waals surface area contributed by atoms with Crippen molar-refractivity contribution in [3.63, 3.8) is 0 Å². The lowest BCUT2D eigenvalue weighted by Crippen LogP contribution is -2.35. The Morgan fingerprint density at radius 3 is 2.90 bits per heavy atom. The van der Waals surface area contributed by atoms with Gasteiger partial charge in [0.25, 0.3) is 0 Å². The molecule has 0 saturated heterocycles. The number of benzene rings is 1. The second-order valence-corrected chi connectivity index (χ2v) is 6.29. The molecule has 0 aromatic heterocycles. The zero-order valence-corrected chi connectivity index (χ0v) is 13.1. The highest BCUT2D eigenvalue weighted by Gasteiger charge is 2.25. The molecule has 0 spiro atoms. The van der Waals surface area contributed by atoms with Gasteiger partial charge in [0.05, 0.1) is 0 Å². The summed E-state index contributed by atoms with van der Waals surface area (Å²) in [5, 5.41) is 3.62. The molecule has 1 heterocycles. The van der Waals surface area contributed by atoms with Crippen LogP contribution >= 0.6 is 0 Å². The minimum absolute atomic E-state index is 0.352. The Labute approximate surface area is 127 Å². The zero-order valence-electron chi connectivity index (χ0n) is 13.1. The number of fused-ring (bicyclic) bond motifs is 1. The highest BCUT2D eigenvalue weighted by Crippen LogP contribution is 2.32. The van der Waals surface area contributed by atoms with E-state index in [-0.39, 0.29) is 0 Å². The largest absolute Gasteiger partial charge is 0.454 e. The lowest BCUT2D eigenvalue weighted by molar-refractivity contribution is 0.174. The number of ether oxygens (including phenoxy) is 2. The van der Waals surface area contributed by atoms with Gasteiger partial charge in [-0.05, 0) is 57.4 Å². The van der Waals surface area contributed by atoms with E-state index in [0.717, 1.165) is 43.5 Å². The van der Waals surface area contributed by atoms with Gasteiger partial charge >= 0.3 is 0 Å². The van der Waals surface area contributed by atoms with E-state index in [1.165, 1.54) is 18.4 Å². The Morgan fingerprint density at radius 1 is 1.29 bits per heavy atom. The van der Waals surface area contributed by atoms with Crippen LogP contribution in [0.25, 0.3) is 0 Å². The molecule has 0 radical (unpaired) electrons. The molecule has 1 atom stereocenters. The maximum absolute atomic E-state index is 5.42. The normalized spacial score (nSPS) is 18.2. The maximum Gasteiger partial charge on any atom is 0.231 e. The quantitative estimate of drug-likeness (QED) is 0.797. The Hall–Kier alpha value is -1.26. The molecule has 2 aliphatic rings. The molecule has 4 nitrogen and oxygen atoms in total. The summed E-state index contributed by atoms with van der Waals surface area (Å²) in [6.07, 6.45) is 4.99. The molecule has 21 heavy (non-hydrogen) atoms. The van der Waals surface area contributed by atoms with Gasteiger partial charge in [0.15, 0.2) is 11.5 Å². The topological polar surface area (TPSA) is 33.7 Å². The first kappa shape index (κ1) is 14.7. The van der Waals surface area contributed by atoms with Crippen molar-refractivity contribution in [2.24, 2.45) is 0 Å². The fraction of sp³-hybridized carbons (Fsp3) is 0.647. The van der Waals surface area contributed by atoms with Crippen LogP contribution in [0.3, 0.4) is 0 Å². The molecule has 1 aromatic carbocycles. The van der Waals surface area contributed by atoms with E-state index in [1.54, 1.807) is 0 Å². The molecule has 1 aliphatic heterocycles. The summed E-state index contributed by atoms with van der Waals surface area (Å²) in [7, 11) is 2.23. The van der Waals surface area contributed by atoms with Crippen LogP contribution in [-0.4, -0.2) is 43.9 Å². The third kappa shape index (κ3) is 4.11. The molecule has 1 N–H and O–H groups in total. The van der Waals surface area contributed by atoms with Gasteiger partial charge in [0.2, 0.25) is 6.79 Å². The SMILES string of the molecule is CC(CCc1ccc2c(c1)OCO2)NCCN(C)C1CC1. The predicted molar refractivity (Wildman–Crippen MR) is 84.0 cm³/mol.